The zero-order chi connectivity index (χ0) is 22.8. The molecule has 0 saturated heterocycles. The lowest BCUT2D eigenvalue weighted by Crippen LogP contribution is -2.59. The van der Waals surface area contributed by atoms with E-state index in [1.807, 2.05) is 6.07 Å². The third-order valence-corrected chi connectivity index (χ3v) is 8.15. The molecule has 0 spiro atoms. The second kappa shape index (κ2) is 5.84. The van der Waals surface area contributed by atoms with Gasteiger partial charge in [0, 0.05) is 32.9 Å². The fourth-order valence-electron chi connectivity index (χ4n) is 6.91. The maximum atomic E-state index is 10.0. The summed E-state index contributed by atoms with van der Waals surface area (Å²) in [5.74, 6) is 0. The first-order valence-electron chi connectivity index (χ1n) is 12.0. The number of benzene rings is 5. The Balaban J connectivity index is 1.62. The molecule has 0 N–H and O–H groups in total. The van der Waals surface area contributed by atoms with Gasteiger partial charge in [-0.15, -0.1) is 0 Å². The van der Waals surface area contributed by atoms with Crippen LogP contribution >= 0.6 is 0 Å². The van der Waals surface area contributed by atoms with Crippen LogP contribution in [0.2, 0.25) is 0 Å². The van der Waals surface area contributed by atoms with E-state index in [-0.39, 0.29) is 6.71 Å². The van der Waals surface area contributed by atoms with E-state index in [0.29, 0.717) is 0 Å². The lowest BCUT2D eigenvalue weighted by atomic mass is 9.34. The lowest BCUT2D eigenvalue weighted by molar-refractivity contribution is 1.16. The van der Waals surface area contributed by atoms with Gasteiger partial charge in [-0.1, -0.05) is 66.7 Å². The van der Waals surface area contributed by atoms with Crippen molar-refractivity contribution < 1.29 is 0 Å². The van der Waals surface area contributed by atoms with Gasteiger partial charge in [-0.25, -0.2) is 0 Å². The molecule has 4 heteroatoms. The Bertz CT molecular complexity index is 2140. The van der Waals surface area contributed by atoms with Gasteiger partial charge < -0.3 is 9.13 Å². The molecule has 35 heavy (non-hydrogen) atoms. The fraction of sp³-hybridized carbons (Fsp3) is 0. The molecule has 2 aliphatic rings. The summed E-state index contributed by atoms with van der Waals surface area (Å²) in [5, 5.41) is 14.8. The van der Waals surface area contributed by atoms with Gasteiger partial charge in [0.2, 0.25) is 0 Å². The van der Waals surface area contributed by atoms with Gasteiger partial charge in [0.1, 0.15) is 0 Å². The van der Waals surface area contributed by atoms with Crippen molar-refractivity contribution in [3.05, 3.63) is 103 Å². The summed E-state index contributed by atoms with van der Waals surface area (Å²) in [7, 11) is 0. The largest absolute Gasteiger partial charge is 0.310 e. The molecule has 7 aromatic rings. The van der Waals surface area contributed by atoms with Crippen molar-refractivity contribution in [2.45, 2.75) is 0 Å². The molecule has 9 rings (SSSR count). The highest BCUT2D eigenvalue weighted by atomic mass is 15.0. The van der Waals surface area contributed by atoms with Crippen molar-refractivity contribution in [1.82, 2.24) is 9.13 Å². The van der Waals surface area contributed by atoms with E-state index in [2.05, 4.69) is 106 Å². The molecule has 3 nitrogen and oxygen atoms in total. The number of hydrogen-bond acceptors (Lipinski definition) is 1. The summed E-state index contributed by atoms with van der Waals surface area (Å²) in [4.78, 5) is 0. The number of aromatic nitrogens is 2. The van der Waals surface area contributed by atoms with Crippen molar-refractivity contribution in [3.63, 3.8) is 0 Å². The average Bonchev–Trinajstić information content (AvgIpc) is 3.44. The second-order valence-electron chi connectivity index (χ2n) is 9.63. The molecule has 0 radical (unpaired) electrons. The zero-order valence-corrected chi connectivity index (χ0v) is 18.7. The van der Waals surface area contributed by atoms with Gasteiger partial charge in [0.25, 0.3) is 6.71 Å². The summed E-state index contributed by atoms with van der Waals surface area (Å²) < 4.78 is 4.87. The van der Waals surface area contributed by atoms with Gasteiger partial charge in [-0.3, -0.25) is 0 Å². The van der Waals surface area contributed by atoms with Crippen LogP contribution in [0.4, 0.5) is 0 Å². The van der Waals surface area contributed by atoms with E-state index in [4.69, 9.17) is 0 Å². The molecule has 0 saturated carbocycles. The van der Waals surface area contributed by atoms with Crippen LogP contribution in [0.5, 0.6) is 0 Å². The summed E-state index contributed by atoms with van der Waals surface area (Å²) in [5.41, 5.74) is 12.0. The highest BCUT2D eigenvalue weighted by Crippen LogP contribution is 2.40. The van der Waals surface area contributed by atoms with Gasteiger partial charge in [-0.05, 0) is 46.7 Å². The molecule has 0 unspecified atom stereocenters. The summed E-state index contributed by atoms with van der Waals surface area (Å²) >= 11 is 0. The van der Waals surface area contributed by atoms with Gasteiger partial charge >= 0.3 is 0 Å². The van der Waals surface area contributed by atoms with E-state index < -0.39 is 0 Å². The van der Waals surface area contributed by atoms with Crippen LogP contribution in [0.1, 0.15) is 5.56 Å². The predicted molar refractivity (Wildman–Crippen MR) is 144 cm³/mol. The molecule has 5 aromatic carbocycles. The molecule has 158 valence electrons. The Labute approximate surface area is 201 Å². The standard InChI is InChI=1S/C31H16BN3/c33-17-18-13-15-23-31-28(18)21-8-2-5-11-25(21)35(31)27-16-14-20-19-7-1-4-10-24(19)34-26-12-6-3-9-22(26)32(23)29(27)30(20)34/h1-16H. The average molecular weight is 441 g/mol. The van der Waals surface area contributed by atoms with Crippen LogP contribution in [-0.2, 0) is 0 Å². The van der Waals surface area contributed by atoms with Crippen LogP contribution in [0.15, 0.2) is 97.1 Å². The first kappa shape index (κ1) is 17.7. The van der Waals surface area contributed by atoms with Gasteiger partial charge in [-0.2, -0.15) is 5.26 Å². The number of hydrogen-bond donors (Lipinski definition) is 0. The first-order valence-corrected chi connectivity index (χ1v) is 12.0. The van der Waals surface area contributed by atoms with Crippen molar-refractivity contribution >= 4 is 66.7 Å². The van der Waals surface area contributed by atoms with Crippen LogP contribution < -0.4 is 16.4 Å². The normalized spacial score (nSPS) is 13.1. The summed E-state index contributed by atoms with van der Waals surface area (Å²) in [6, 6.07) is 37.3. The number of fused-ring (bicyclic) bond motifs is 11. The van der Waals surface area contributed by atoms with E-state index >= 15 is 0 Å². The fourth-order valence-corrected chi connectivity index (χ4v) is 6.91. The van der Waals surface area contributed by atoms with Crippen molar-refractivity contribution in [2.75, 3.05) is 0 Å². The van der Waals surface area contributed by atoms with Gasteiger partial charge in [0.15, 0.2) is 0 Å². The Morgan fingerprint density at radius 3 is 2.14 bits per heavy atom. The molecule has 4 heterocycles. The molecule has 0 bridgehead atoms. The predicted octanol–water partition coefficient (Wildman–Crippen LogP) is 4.90. The van der Waals surface area contributed by atoms with Crippen molar-refractivity contribution in [1.29, 1.82) is 5.26 Å². The van der Waals surface area contributed by atoms with E-state index in [1.54, 1.807) is 0 Å². The third kappa shape index (κ3) is 1.85. The zero-order valence-electron chi connectivity index (χ0n) is 18.7. The molecule has 0 atom stereocenters. The molecular weight excluding hydrogens is 425 g/mol. The number of nitriles is 1. The Morgan fingerprint density at radius 1 is 0.571 bits per heavy atom. The minimum atomic E-state index is 0.119. The Hall–Kier alpha value is -4.75. The summed E-state index contributed by atoms with van der Waals surface area (Å²) in [6.07, 6.45) is 0. The summed E-state index contributed by atoms with van der Waals surface area (Å²) in [6.45, 7) is 0.119. The van der Waals surface area contributed by atoms with Crippen LogP contribution in [0.25, 0.3) is 55.0 Å². The monoisotopic (exact) mass is 441 g/mol. The smallest absolute Gasteiger partial charge is 0.252 e. The lowest BCUT2D eigenvalue weighted by Gasteiger charge is -2.33. The van der Waals surface area contributed by atoms with E-state index in [0.717, 1.165) is 21.9 Å². The van der Waals surface area contributed by atoms with Crippen LogP contribution in [-0.4, -0.2) is 15.8 Å². The van der Waals surface area contributed by atoms with Crippen LogP contribution in [0, 0.1) is 11.3 Å². The van der Waals surface area contributed by atoms with E-state index in [1.165, 1.54) is 55.1 Å². The maximum absolute atomic E-state index is 10.0. The first-order chi connectivity index (χ1) is 17.4. The highest BCUT2D eigenvalue weighted by molar-refractivity contribution is 7.00. The number of nitrogens with zero attached hydrogens (tertiary/aromatic N) is 3. The molecule has 0 fully saturated rings. The molecule has 2 aliphatic heterocycles. The Kier molecular flexibility index (Phi) is 2.95. The molecular formula is C31H16BN3. The molecule has 2 aromatic heterocycles. The third-order valence-electron chi connectivity index (χ3n) is 8.15. The number of para-hydroxylation sites is 3. The van der Waals surface area contributed by atoms with Gasteiger partial charge in [0.05, 0.1) is 33.7 Å². The van der Waals surface area contributed by atoms with Crippen LogP contribution in [0.3, 0.4) is 0 Å². The minimum absolute atomic E-state index is 0.119. The van der Waals surface area contributed by atoms with Crippen molar-refractivity contribution in [2.24, 2.45) is 0 Å². The highest BCUT2D eigenvalue weighted by Gasteiger charge is 2.40. The maximum Gasteiger partial charge on any atom is 0.252 e. The number of rotatable bonds is 0. The topological polar surface area (TPSA) is 33.6 Å². The SMILES string of the molecule is N#Cc1ccc2c3c1c1ccccc1n3-c1ccc3c4ccccc4n4c3c1B2c1ccccc1-4. The molecule has 0 aliphatic carbocycles. The quantitative estimate of drug-likeness (QED) is 0.309. The van der Waals surface area contributed by atoms with Crippen molar-refractivity contribution in [3.8, 4) is 17.4 Å². The minimum Gasteiger partial charge on any atom is -0.310 e. The second-order valence-corrected chi connectivity index (χ2v) is 9.63. The molecule has 0 amide bonds. The Morgan fingerprint density at radius 2 is 1.29 bits per heavy atom. The van der Waals surface area contributed by atoms with E-state index in [9.17, 15) is 5.26 Å².